The normalized spacial score (nSPS) is 10.8. The third-order valence-electron chi connectivity index (χ3n) is 3.89. The maximum atomic E-state index is 12.9. The van der Waals surface area contributed by atoms with Gasteiger partial charge in [-0.1, -0.05) is 0 Å². The van der Waals surface area contributed by atoms with Crippen LogP contribution in [0.25, 0.3) is 0 Å². The fraction of sp³-hybridized carbons (Fsp3) is 0.211. The Morgan fingerprint density at radius 1 is 0.862 bits per heavy atom. The van der Waals surface area contributed by atoms with Crippen molar-refractivity contribution in [2.45, 2.75) is 4.90 Å². The number of amides is 1. The van der Waals surface area contributed by atoms with Crippen LogP contribution in [-0.4, -0.2) is 59.5 Å². The molecule has 1 N–H and O–H groups in total. The average molecular weight is 420 g/mol. The zero-order valence-electron chi connectivity index (χ0n) is 16.3. The molecular formula is C19H20N2O7S. The first-order valence-corrected chi connectivity index (χ1v) is 9.74. The summed E-state index contributed by atoms with van der Waals surface area (Å²) in [6.45, 7) is 0. The second-order valence-electron chi connectivity index (χ2n) is 6.08. The van der Waals surface area contributed by atoms with Gasteiger partial charge in [0.1, 0.15) is 4.90 Å². The van der Waals surface area contributed by atoms with E-state index in [0.717, 1.165) is 20.3 Å². The first-order valence-electron chi connectivity index (χ1n) is 8.26. The molecule has 0 saturated heterocycles. The molecule has 0 fully saturated rings. The molecule has 2 rings (SSSR count). The quantitative estimate of drug-likeness (QED) is 0.707. The van der Waals surface area contributed by atoms with E-state index in [-0.39, 0.29) is 22.7 Å². The van der Waals surface area contributed by atoms with Crippen molar-refractivity contribution in [3.63, 3.8) is 0 Å². The van der Waals surface area contributed by atoms with Gasteiger partial charge < -0.3 is 14.4 Å². The number of methoxy groups -OCH3 is 2. The lowest BCUT2D eigenvalue weighted by molar-refractivity contribution is 0.0583. The van der Waals surface area contributed by atoms with E-state index in [1.54, 1.807) is 14.1 Å². The van der Waals surface area contributed by atoms with E-state index in [4.69, 9.17) is 0 Å². The molecule has 0 saturated carbocycles. The van der Waals surface area contributed by atoms with Gasteiger partial charge in [-0.2, -0.15) is 0 Å². The van der Waals surface area contributed by atoms with Crippen molar-refractivity contribution in [3.8, 4) is 0 Å². The van der Waals surface area contributed by atoms with Crippen LogP contribution >= 0.6 is 0 Å². The molecule has 10 heteroatoms. The fourth-order valence-corrected chi connectivity index (χ4v) is 3.70. The number of benzene rings is 2. The number of carbonyl (C=O) groups excluding carboxylic acids is 3. The highest BCUT2D eigenvalue weighted by atomic mass is 32.2. The van der Waals surface area contributed by atoms with Crippen molar-refractivity contribution >= 4 is 33.6 Å². The van der Waals surface area contributed by atoms with Crippen LogP contribution in [0.3, 0.4) is 0 Å². The SMILES string of the molecule is COC(=O)c1ccc(C(=O)OC)c(S(=O)(=O)Nc2ccc(C(=O)N(C)C)cc2)c1. The van der Waals surface area contributed by atoms with Crippen LogP contribution in [0, 0.1) is 0 Å². The predicted octanol–water partition coefficient (Wildman–Crippen LogP) is 1.76. The fourth-order valence-electron chi connectivity index (χ4n) is 2.42. The van der Waals surface area contributed by atoms with Crippen molar-refractivity contribution in [2.24, 2.45) is 0 Å². The third-order valence-corrected chi connectivity index (χ3v) is 5.31. The maximum Gasteiger partial charge on any atom is 0.339 e. The second-order valence-corrected chi connectivity index (χ2v) is 7.73. The lowest BCUT2D eigenvalue weighted by Crippen LogP contribution is -2.21. The van der Waals surface area contributed by atoms with E-state index in [2.05, 4.69) is 14.2 Å². The van der Waals surface area contributed by atoms with Gasteiger partial charge in [0.15, 0.2) is 0 Å². The Bertz CT molecular complexity index is 1040. The van der Waals surface area contributed by atoms with Crippen LogP contribution in [0.2, 0.25) is 0 Å². The molecule has 0 radical (unpaired) electrons. The van der Waals surface area contributed by atoms with Gasteiger partial charge in [0.05, 0.1) is 25.3 Å². The lowest BCUT2D eigenvalue weighted by atomic mass is 10.1. The molecule has 0 aliphatic rings. The van der Waals surface area contributed by atoms with E-state index in [1.807, 2.05) is 0 Å². The Balaban J connectivity index is 2.45. The van der Waals surface area contributed by atoms with Crippen molar-refractivity contribution < 1.29 is 32.3 Å². The minimum atomic E-state index is -4.27. The number of nitrogens with one attached hydrogen (secondary N) is 1. The van der Waals surface area contributed by atoms with Crippen molar-refractivity contribution in [3.05, 3.63) is 59.2 Å². The summed E-state index contributed by atoms with van der Waals surface area (Å²) in [5.41, 5.74) is 0.250. The van der Waals surface area contributed by atoms with Crippen LogP contribution in [0.4, 0.5) is 5.69 Å². The van der Waals surface area contributed by atoms with E-state index in [9.17, 15) is 22.8 Å². The van der Waals surface area contributed by atoms with Gasteiger partial charge in [0.25, 0.3) is 15.9 Å². The molecule has 0 bridgehead atoms. The number of rotatable bonds is 6. The summed E-state index contributed by atoms with van der Waals surface area (Å²) in [7, 11) is 1.20. The number of hydrogen-bond acceptors (Lipinski definition) is 7. The zero-order chi connectivity index (χ0) is 21.8. The molecule has 0 aliphatic carbocycles. The van der Waals surface area contributed by atoms with Gasteiger partial charge in [0, 0.05) is 25.3 Å². The number of esters is 2. The maximum absolute atomic E-state index is 12.9. The summed E-state index contributed by atoms with van der Waals surface area (Å²) in [6, 6.07) is 9.22. The van der Waals surface area contributed by atoms with E-state index in [0.29, 0.717) is 5.56 Å². The minimum absolute atomic E-state index is 0.0487. The number of sulfonamides is 1. The zero-order valence-corrected chi connectivity index (χ0v) is 17.1. The van der Waals surface area contributed by atoms with Crippen molar-refractivity contribution in [1.82, 2.24) is 4.90 Å². The molecular weight excluding hydrogens is 400 g/mol. The van der Waals surface area contributed by atoms with Crippen LogP contribution in [-0.2, 0) is 19.5 Å². The summed E-state index contributed by atoms with van der Waals surface area (Å²) in [4.78, 5) is 36.6. The Morgan fingerprint density at radius 2 is 1.41 bits per heavy atom. The largest absolute Gasteiger partial charge is 0.465 e. The number of ether oxygens (including phenoxy) is 2. The van der Waals surface area contributed by atoms with Crippen molar-refractivity contribution in [2.75, 3.05) is 33.0 Å². The molecule has 0 aromatic heterocycles. The summed E-state index contributed by atoms with van der Waals surface area (Å²) in [6.07, 6.45) is 0. The summed E-state index contributed by atoms with van der Waals surface area (Å²) >= 11 is 0. The molecule has 0 aliphatic heterocycles. The number of carbonyl (C=O) groups is 3. The number of hydrogen-bond donors (Lipinski definition) is 1. The molecule has 1 amide bonds. The van der Waals surface area contributed by atoms with Crippen LogP contribution in [0.1, 0.15) is 31.1 Å². The smallest absolute Gasteiger partial charge is 0.339 e. The summed E-state index contributed by atoms with van der Waals surface area (Å²) in [5, 5.41) is 0. The minimum Gasteiger partial charge on any atom is -0.465 e. The second kappa shape index (κ2) is 8.74. The van der Waals surface area contributed by atoms with Crippen LogP contribution in [0.5, 0.6) is 0 Å². The number of nitrogens with zero attached hydrogens (tertiary/aromatic N) is 1. The molecule has 0 heterocycles. The number of anilines is 1. The highest BCUT2D eigenvalue weighted by Gasteiger charge is 2.25. The first kappa shape index (κ1) is 21.9. The van der Waals surface area contributed by atoms with Gasteiger partial charge in [-0.25, -0.2) is 18.0 Å². The Morgan fingerprint density at radius 3 is 1.93 bits per heavy atom. The van der Waals surface area contributed by atoms with Crippen LogP contribution in [0.15, 0.2) is 47.4 Å². The van der Waals surface area contributed by atoms with E-state index in [1.165, 1.54) is 41.3 Å². The highest BCUT2D eigenvalue weighted by molar-refractivity contribution is 7.92. The van der Waals surface area contributed by atoms with Gasteiger partial charge >= 0.3 is 11.9 Å². The topological polar surface area (TPSA) is 119 Å². The molecule has 0 spiro atoms. The van der Waals surface area contributed by atoms with Gasteiger partial charge in [-0.15, -0.1) is 0 Å². The van der Waals surface area contributed by atoms with Crippen molar-refractivity contribution in [1.29, 1.82) is 0 Å². The molecule has 9 nitrogen and oxygen atoms in total. The van der Waals surface area contributed by atoms with Gasteiger partial charge in [0.2, 0.25) is 0 Å². The highest BCUT2D eigenvalue weighted by Crippen LogP contribution is 2.23. The summed E-state index contributed by atoms with van der Waals surface area (Å²) in [5.74, 6) is -1.88. The monoisotopic (exact) mass is 420 g/mol. The van der Waals surface area contributed by atoms with Crippen LogP contribution < -0.4 is 4.72 Å². The van der Waals surface area contributed by atoms with E-state index >= 15 is 0 Å². The molecule has 0 unspecified atom stereocenters. The van der Waals surface area contributed by atoms with E-state index < -0.39 is 26.9 Å². The van der Waals surface area contributed by atoms with Gasteiger partial charge in [-0.3, -0.25) is 9.52 Å². The lowest BCUT2D eigenvalue weighted by Gasteiger charge is -2.14. The predicted molar refractivity (Wildman–Crippen MR) is 104 cm³/mol. The molecule has 154 valence electrons. The third kappa shape index (κ3) is 4.91. The molecule has 2 aromatic carbocycles. The molecule has 2 aromatic rings. The first-order chi connectivity index (χ1) is 13.6. The Hall–Kier alpha value is -3.40. The molecule has 29 heavy (non-hydrogen) atoms. The Labute approximate surface area is 168 Å². The standard InChI is InChI=1S/C19H20N2O7S/c1-21(2)17(22)12-5-8-14(9-6-12)20-29(25,26)16-11-13(18(23)27-3)7-10-15(16)19(24)28-4/h5-11,20H,1-4H3. The average Bonchev–Trinajstić information content (AvgIpc) is 2.71. The Kier molecular flexibility index (Phi) is 6.60. The van der Waals surface area contributed by atoms with Gasteiger partial charge in [-0.05, 0) is 42.5 Å². The summed E-state index contributed by atoms with van der Waals surface area (Å²) < 4.78 is 37.3. The molecule has 0 atom stereocenters.